The molecule has 5 nitrogen and oxygen atoms in total. The number of urea groups is 1. The highest BCUT2D eigenvalue weighted by atomic mass is 16.5. The molecule has 2 N–H and O–H groups in total. The molecule has 1 aliphatic rings. The fraction of sp³-hybridized carbons (Fsp3) is 0.467. The van der Waals surface area contributed by atoms with Crippen LogP contribution in [0.3, 0.4) is 0 Å². The number of amides is 3. The predicted octanol–water partition coefficient (Wildman–Crippen LogP) is 2.17. The SMILES string of the molecule is CC(C)CCOc1ccc([C@@]2(C)NC(=O)NC2=O)cc1. The van der Waals surface area contributed by atoms with E-state index < -0.39 is 11.6 Å². The fourth-order valence-electron chi connectivity index (χ4n) is 2.04. The Morgan fingerprint density at radius 1 is 1.20 bits per heavy atom. The molecular weight excluding hydrogens is 256 g/mol. The van der Waals surface area contributed by atoms with Gasteiger partial charge < -0.3 is 10.1 Å². The molecule has 0 aromatic heterocycles. The maximum absolute atomic E-state index is 11.8. The average molecular weight is 276 g/mol. The third-order valence-corrected chi connectivity index (χ3v) is 3.44. The second-order valence-electron chi connectivity index (χ2n) is 5.59. The number of hydrogen-bond acceptors (Lipinski definition) is 3. The summed E-state index contributed by atoms with van der Waals surface area (Å²) >= 11 is 0. The lowest BCUT2D eigenvalue weighted by Crippen LogP contribution is -2.40. The van der Waals surface area contributed by atoms with Gasteiger partial charge in [0, 0.05) is 0 Å². The Balaban J connectivity index is 2.05. The van der Waals surface area contributed by atoms with E-state index in [-0.39, 0.29) is 5.91 Å². The summed E-state index contributed by atoms with van der Waals surface area (Å²) in [6.07, 6.45) is 0.998. The molecule has 1 fully saturated rings. The van der Waals surface area contributed by atoms with Gasteiger partial charge >= 0.3 is 6.03 Å². The molecule has 108 valence electrons. The van der Waals surface area contributed by atoms with E-state index in [2.05, 4.69) is 24.5 Å². The van der Waals surface area contributed by atoms with Gasteiger partial charge in [-0.25, -0.2) is 4.79 Å². The van der Waals surface area contributed by atoms with Gasteiger partial charge in [0.25, 0.3) is 5.91 Å². The summed E-state index contributed by atoms with van der Waals surface area (Å²) in [6, 6.07) is 6.78. The van der Waals surface area contributed by atoms with Crippen LogP contribution in [0.25, 0.3) is 0 Å². The number of nitrogens with one attached hydrogen (secondary N) is 2. The van der Waals surface area contributed by atoms with Crippen LogP contribution in [0, 0.1) is 5.92 Å². The molecule has 2 rings (SSSR count). The van der Waals surface area contributed by atoms with Crippen molar-refractivity contribution in [3.63, 3.8) is 0 Å². The van der Waals surface area contributed by atoms with Crippen molar-refractivity contribution >= 4 is 11.9 Å². The van der Waals surface area contributed by atoms with Crippen LogP contribution in [-0.4, -0.2) is 18.5 Å². The minimum Gasteiger partial charge on any atom is -0.494 e. The smallest absolute Gasteiger partial charge is 0.322 e. The molecule has 0 bridgehead atoms. The van der Waals surface area contributed by atoms with Gasteiger partial charge in [-0.05, 0) is 37.0 Å². The Bertz CT molecular complexity index is 510. The summed E-state index contributed by atoms with van der Waals surface area (Å²) < 4.78 is 5.63. The molecule has 0 spiro atoms. The van der Waals surface area contributed by atoms with Crippen molar-refractivity contribution in [2.75, 3.05) is 6.61 Å². The standard InChI is InChI=1S/C15H20N2O3/c1-10(2)8-9-20-12-6-4-11(5-7-12)15(3)13(18)16-14(19)17-15/h4-7,10H,8-9H2,1-3H3,(H2,16,17,18,19)/t15-/m1/s1. The molecule has 1 saturated heterocycles. The number of benzene rings is 1. The van der Waals surface area contributed by atoms with E-state index in [4.69, 9.17) is 4.74 Å². The molecule has 1 heterocycles. The first-order valence-electron chi connectivity index (χ1n) is 6.79. The number of rotatable bonds is 5. The van der Waals surface area contributed by atoms with E-state index in [1.54, 1.807) is 19.1 Å². The highest BCUT2D eigenvalue weighted by Gasteiger charge is 2.43. The lowest BCUT2D eigenvalue weighted by atomic mass is 9.92. The Kier molecular flexibility index (Phi) is 3.97. The van der Waals surface area contributed by atoms with Gasteiger partial charge in [-0.1, -0.05) is 26.0 Å². The van der Waals surface area contributed by atoms with Gasteiger partial charge in [-0.15, -0.1) is 0 Å². The lowest BCUT2D eigenvalue weighted by Gasteiger charge is -2.21. The molecule has 1 aromatic rings. The van der Waals surface area contributed by atoms with Crippen molar-refractivity contribution in [3.8, 4) is 5.75 Å². The quantitative estimate of drug-likeness (QED) is 0.810. The summed E-state index contributed by atoms with van der Waals surface area (Å²) in [5.74, 6) is 1.03. The molecule has 5 heteroatoms. The Morgan fingerprint density at radius 3 is 2.35 bits per heavy atom. The molecular formula is C15H20N2O3. The van der Waals surface area contributed by atoms with Crippen molar-refractivity contribution in [2.24, 2.45) is 5.92 Å². The average Bonchev–Trinajstić information content (AvgIpc) is 2.64. The molecule has 1 aliphatic heterocycles. The molecule has 0 unspecified atom stereocenters. The van der Waals surface area contributed by atoms with Crippen molar-refractivity contribution in [1.82, 2.24) is 10.6 Å². The van der Waals surface area contributed by atoms with Crippen molar-refractivity contribution < 1.29 is 14.3 Å². The Labute approximate surface area is 118 Å². The van der Waals surface area contributed by atoms with Crippen LogP contribution < -0.4 is 15.4 Å². The number of ether oxygens (including phenoxy) is 1. The molecule has 20 heavy (non-hydrogen) atoms. The number of carbonyl (C=O) groups excluding carboxylic acids is 2. The summed E-state index contributed by atoms with van der Waals surface area (Å²) in [5, 5.41) is 4.88. The third-order valence-electron chi connectivity index (χ3n) is 3.44. The van der Waals surface area contributed by atoms with E-state index in [0.717, 1.165) is 17.7 Å². The highest BCUT2D eigenvalue weighted by Crippen LogP contribution is 2.26. The normalized spacial score (nSPS) is 21.8. The van der Waals surface area contributed by atoms with E-state index in [9.17, 15) is 9.59 Å². The second-order valence-corrected chi connectivity index (χ2v) is 5.59. The monoisotopic (exact) mass is 276 g/mol. The van der Waals surface area contributed by atoms with E-state index in [0.29, 0.717) is 12.5 Å². The van der Waals surface area contributed by atoms with Crippen LogP contribution in [0.1, 0.15) is 32.8 Å². The van der Waals surface area contributed by atoms with E-state index in [1.807, 2.05) is 12.1 Å². The van der Waals surface area contributed by atoms with Crippen LogP contribution >= 0.6 is 0 Å². The van der Waals surface area contributed by atoms with Crippen LogP contribution in [-0.2, 0) is 10.3 Å². The van der Waals surface area contributed by atoms with Gasteiger partial charge in [0.1, 0.15) is 11.3 Å². The van der Waals surface area contributed by atoms with Crippen molar-refractivity contribution in [2.45, 2.75) is 32.7 Å². The minimum absolute atomic E-state index is 0.337. The Hall–Kier alpha value is -2.04. The second kappa shape index (κ2) is 5.53. The first-order chi connectivity index (χ1) is 9.41. The maximum Gasteiger partial charge on any atom is 0.322 e. The molecule has 0 aliphatic carbocycles. The molecule has 3 amide bonds. The van der Waals surface area contributed by atoms with Crippen LogP contribution in [0.4, 0.5) is 4.79 Å². The predicted molar refractivity (Wildman–Crippen MR) is 75.4 cm³/mol. The maximum atomic E-state index is 11.8. The summed E-state index contributed by atoms with van der Waals surface area (Å²) in [4.78, 5) is 23.1. The zero-order chi connectivity index (χ0) is 14.8. The summed E-state index contributed by atoms with van der Waals surface area (Å²) in [6.45, 7) is 6.65. The first-order valence-corrected chi connectivity index (χ1v) is 6.79. The van der Waals surface area contributed by atoms with E-state index in [1.165, 1.54) is 0 Å². The van der Waals surface area contributed by atoms with Crippen molar-refractivity contribution in [3.05, 3.63) is 29.8 Å². The molecule has 1 atom stereocenters. The van der Waals surface area contributed by atoms with Gasteiger partial charge in [0.15, 0.2) is 0 Å². The molecule has 0 radical (unpaired) electrons. The Morgan fingerprint density at radius 2 is 1.85 bits per heavy atom. The van der Waals surface area contributed by atoms with Gasteiger partial charge in [0.05, 0.1) is 6.61 Å². The third kappa shape index (κ3) is 2.92. The summed E-state index contributed by atoms with van der Waals surface area (Å²) in [7, 11) is 0. The first kappa shape index (κ1) is 14.4. The van der Waals surface area contributed by atoms with Crippen LogP contribution in [0.5, 0.6) is 5.75 Å². The topological polar surface area (TPSA) is 67.4 Å². The lowest BCUT2D eigenvalue weighted by molar-refractivity contribution is -0.123. The fourth-order valence-corrected chi connectivity index (χ4v) is 2.04. The zero-order valence-electron chi connectivity index (χ0n) is 12.0. The summed E-state index contributed by atoms with van der Waals surface area (Å²) in [5.41, 5.74) is -0.273. The highest BCUT2D eigenvalue weighted by molar-refractivity contribution is 6.07. The zero-order valence-corrected chi connectivity index (χ0v) is 12.0. The molecule has 1 aromatic carbocycles. The van der Waals surface area contributed by atoms with Crippen LogP contribution in [0.2, 0.25) is 0 Å². The van der Waals surface area contributed by atoms with Gasteiger partial charge in [0.2, 0.25) is 0 Å². The number of carbonyl (C=O) groups is 2. The number of imide groups is 1. The van der Waals surface area contributed by atoms with E-state index >= 15 is 0 Å². The van der Waals surface area contributed by atoms with Gasteiger partial charge in [-0.2, -0.15) is 0 Å². The largest absolute Gasteiger partial charge is 0.494 e. The van der Waals surface area contributed by atoms with Gasteiger partial charge in [-0.3, -0.25) is 10.1 Å². The molecule has 0 saturated carbocycles. The van der Waals surface area contributed by atoms with Crippen molar-refractivity contribution in [1.29, 1.82) is 0 Å². The minimum atomic E-state index is -1.01. The number of hydrogen-bond donors (Lipinski definition) is 2. The van der Waals surface area contributed by atoms with Crippen LogP contribution in [0.15, 0.2) is 24.3 Å².